The Balaban J connectivity index is 1.92. The first-order valence-corrected chi connectivity index (χ1v) is 6.64. The molecule has 2 N–H and O–H groups in total. The van der Waals surface area contributed by atoms with Crippen molar-refractivity contribution in [1.82, 2.24) is 4.90 Å². The molecular weight excluding hydrogens is 184 g/mol. The van der Waals surface area contributed by atoms with Crippen LogP contribution in [0.1, 0.15) is 52.4 Å². The van der Waals surface area contributed by atoms with Crippen LogP contribution in [-0.2, 0) is 0 Å². The standard InChI is InChI=1S/C13H26N2/c1-11(2)12-6-5-9-15(12)10-13(14)7-3-4-8-13/h11-12H,3-10,14H2,1-2H3. The molecule has 1 saturated heterocycles. The molecule has 0 aromatic carbocycles. The van der Waals surface area contributed by atoms with E-state index >= 15 is 0 Å². The van der Waals surface area contributed by atoms with E-state index in [4.69, 9.17) is 5.73 Å². The van der Waals surface area contributed by atoms with Crippen molar-refractivity contribution in [3.8, 4) is 0 Å². The Morgan fingerprint density at radius 2 is 1.93 bits per heavy atom. The van der Waals surface area contributed by atoms with Crippen molar-refractivity contribution in [2.45, 2.75) is 64.0 Å². The third-order valence-corrected chi connectivity index (χ3v) is 4.30. The minimum atomic E-state index is 0.150. The molecule has 2 aliphatic rings. The van der Waals surface area contributed by atoms with Gasteiger partial charge in [0.05, 0.1) is 0 Å². The molecule has 0 amide bonds. The zero-order valence-corrected chi connectivity index (χ0v) is 10.3. The van der Waals surface area contributed by atoms with E-state index in [9.17, 15) is 0 Å². The lowest BCUT2D eigenvalue weighted by Crippen LogP contribution is -2.50. The number of hydrogen-bond donors (Lipinski definition) is 1. The van der Waals surface area contributed by atoms with Crippen molar-refractivity contribution in [2.24, 2.45) is 11.7 Å². The normalized spacial score (nSPS) is 31.6. The lowest BCUT2D eigenvalue weighted by Gasteiger charge is -2.35. The van der Waals surface area contributed by atoms with Crippen molar-refractivity contribution >= 4 is 0 Å². The van der Waals surface area contributed by atoms with Crippen LogP contribution in [-0.4, -0.2) is 29.6 Å². The van der Waals surface area contributed by atoms with Gasteiger partial charge in [0.1, 0.15) is 0 Å². The topological polar surface area (TPSA) is 29.3 Å². The van der Waals surface area contributed by atoms with Gasteiger partial charge in [0.2, 0.25) is 0 Å². The van der Waals surface area contributed by atoms with Crippen LogP contribution in [0.15, 0.2) is 0 Å². The molecule has 2 fully saturated rings. The maximum absolute atomic E-state index is 6.46. The second-order valence-corrected chi connectivity index (χ2v) is 5.99. The van der Waals surface area contributed by atoms with E-state index in [2.05, 4.69) is 18.7 Å². The fourth-order valence-electron chi connectivity index (χ4n) is 3.44. The molecule has 0 spiro atoms. The molecule has 1 aliphatic heterocycles. The zero-order valence-electron chi connectivity index (χ0n) is 10.3. The van der Waals surface area contributed by atoms with Crippen LogP contribution < -0.4 is 5.73 Å². The first kappa shape index (κ1) is 11.4. The van der Waals surface area contributed by atoms with Crippen LogP contribution in [0.5, 0.6) is 0 Å². The number of nitrogens with zero attached hydrogens (tertiary/aromatic N) is 1. The van der Waals surface area contributed by atoms with Gasteiger partial charge in [0.25, 0.3) is 0 Å². The summed E-state index contributed by atoms with van der Waals surface area (Å²) in [5.41, 5.74) is 6.61. The number of nitrogens with two attached hydrogens (primary N) is 1. The fourth-order valence-corrected chi connectivity index (χ4v) is 3.44. The van der Waals surface area contributed by atoms with E-state index in [1.54, 1.807) is 0 Å². The van der Waals surface area contributed by atoms with Crippen LogP contribution in [0.3, 0.4) is 0 Å². The SMILES string of the molecule is CC(C)C1CCCN1CC1(N)CCCC1. The molecule has 1 unspecified atom stereocenters. The number of rotatable bonds is 3. The smallest absolute Gasteiger partial charge is 0.0283 e. The van der Waals surface area contributed by atoms with Crippen molar-refractivity contribution in [3.05, 3.63) is 0 Å². The number of hydrogen-bond acceptors (Lipinski definition) is 2. The summed E-state index contributed by atoms with van der Waals surface area (Å²) >= 11 is 0. The minimum absolute atomic E-state index is 0.150. The Hall–Kier alpha value is -0.0800. The van der Waals surface area contributed by atoms with E-state index in [1.807, 2.05) is 0 Å². The molecule has 2 heteroatoms. The van der Waals surface area contributed by atoms with E-state index in [0.29, 0.717) is 0 Å². The van der Waals surface area contributed by atoms with Crippen molar-refractivity contribution in [3.63, 3.8) is 0 Å². The average molecular weight is 210 g/mol. The van der Waals surface area contributed by atoms with Crippen molar-refractivity contribution < 1.29 is 0 Å². The highest BCUT2D eigenvalue weighted by molar-refractivity contribution is 4.95. The summed E-state index contributed by atoms with van der Waals surface area (Å²) in [5.74, 6) is 0.789. The zero-order chi connectivity index (χ0) is 10.9. The van der Waals surface area contributed by atoms with Crippen LogP contribution in [0.25, 0.3) is 0 Å². The third-order valence-electron chi connectivity index (χ3n) is 4.30. The summed E-state index contributed by atoms with van der Waals surface area (Å²) in [4.78, 5) is 2.66. The van der Waals surface area contributed by atoms with Gasteiger partial charge in [-0.25, -0.2) is 0 Å². The highest BCUT2D eigenvalue weighted by atomic mass is 15.2. The molecule has 0 aromatic rings. The predicted molar refractivity (Wildman–Crippen MR) is 64.8 cm³/mol. The van der Waals surface area contributed by atoms with Crippen LogP contribution in [0.4, 0.5) is 0 Å². The van der Waals surface area contributed by atoms with Crippen molar-refractivity contribution in [1.29, 1.82) is 0 Å². The maximum atomic E-state index is 6.46. The van der Waals surface area contributed by atoms with Gasteiger partial charge in [-0.05, 0) is 38.1 Å². The molecule has 15 heavy (non-hydrogen) atoms. The molecule has 1 atom stereocenters. The summed E-state index contributed by atoms with van der Waals surface area (Å²) in [6.45, 7) is 7.12. The van der Waals surface area contributed by atoms with E-state index in [-0.39, 0.29) is 5.54 Å². The molecule has 1 heterocycles. The highest BCUT2D eigenvalue weighted by Crippen LogP contribution is 2.32. The van der Waals surface area contributed by atoms with Gasteiger partial charge in [-0.3, -0.25) is 4.90 Å². The second kappa shape index (κ2) is 4.42. The Morgan fingerprint density at radius 1 is 1.27 bits per heavy atom. The quantitative estimate of drug-likeness (QED) is 0.775. The summed E-state index contributed by atoms with van der Waals surface area (Å²) in [7, 11) is 0. The highest BCUT2D eigenvalue weighted by Gasteiger charge is 2.36. The first-order valence-electron chi connectivity index (χ1n) is 6.64. The molecule has 0 aromatic heterocycles. The first-order chi connectivity index (χ1) is 7.11. The molecule has 0 radical (unpaired) electrons. The number of likely N-dealkylation sites (tertiary alicyclic amines) is 1. The van der Waals surface area contributed by atoms with Gasteiger partial charge >= 0.3 is 0 Å². The largest absolute Gasteiger partial charge is 0.324 e. The van der Waals surface area contributed by atoms with Crippen LogP contribution >= 0.6 is 0 Å². The molecule has 1 saturated carbocycles. The average Bonchev–Trinajstić information content (AvgIpc) is 2.75. The predicted octanol–water partition coefficient (Wildman–Crippen LogP) is 2.38. The van der Waals surface area contributed by atoms with Gasteiger partial charge in [-0.2, -0.15) is 0 Å². The van der Waals surface area contributed by atoms with Gasteiger partial charge < -0.3 is 5.73 Å². The Kier molecular flexibility index (Phi) is 3.36. The Bertz CT molecular complexity index is 207. The lowest BCUT2D eigenvalue weighted by atomic mass is 9.96. The molecule has 2 nitrogen and oxygen atoms in total. The van der Waals surface area contributed by atoms with Crippen molar-refractivity contribution in [2.75, 3.05) is 13.1 Å². The second-order valence-electron chi connectivity index (χ2n) is 5.99. The molecule has 2 rings (SSSR count). The Labute approximate surface area is 94.2 Å². The van der Waals surface area contributed by atoms with E-state index < -0.39 is 0 Å². The lowest BCUT2D eigenvalue weighted by molar-refractivity contribution is 0.163. The van der Waals surface area contributed by atoms with Gasteiger partial charge in [-0.15, -0.1) is 0 Å². The molecule has 0 bridgehead atoms. The van der Waals surface area contributed by atoms with E-state index in [1.165, 1.54) is 45.1 Å². The van der Waals surface area contributed by atoms with E-state index in [0.717, 1.165) is 18.5 Å². The molecule has 1 aliphatic carbocycles. The van der Waals surface area contributed by atoms with Gasteiger partial charge in [0.15, 0.2) is 0 Å². The summed E-state index contributed by atoms with van der Waals surface area (Å²) < 4.78 is 0. The third kappa shape index (κ3) is 2.54. The molecule has 88 valence electrons. The van der Waals surface area contributed by atoms with Crippen LogP contribution in [0.2, 0.25) is 0 Å². The summed E-state index contributed by atoms with van der Waals surface area (Å²) in [6.07, 6.45) is 7.93. The molecular formula is C13H26N2. The minimum Gasteiger partial charge on any atom is -0.324 e. The van der Waals surface area contributed by atoms with Gasteiger partial charge in [-0.1, -0.05) is 26.7 Å². The van der Waals surface area contributed by atoms with Crippen LogP contribution in [0, 0.1) is 5.92 Å². The van der Waals surface area contributed by atoms with Gasteiger partial charge in [0, 0.05) is 18.1 Å². The fraction of sp³-hybridized carbons (Fsp3) is 1.00. The maximum Gasteiger partial charge on any atom is 0.0283 e. The monoisotopic (exact) mass is 210 g/mol. The Morgan fingerprint density at radius 3 is 2.53 bits per heavy atom. The summed E-state index contributed by atoms with van der Waals surface area (Å²) in [5, 5.41) is 0. The summed E-state index contributed by atoms with van der Waals surface area (Å²) in [6, 6.07) is 0.797.